The second-order valence-corrected chi connectivity index (χ2v) is 7.63. The summed E-state index contributed by atoms with van der Waals surface area (Å²) in [5.41, 5.74) is 3.97. The Balaban J connectivity index is 1.46. The number of hydrogen-bond donors (Lipinski definition) is 1. The molecule has 0 amide bonds. The van der Waals surface area contributed by atoms with Crippen LogP contribution in [0.25, 0.3) is 0 Å². The Kier molecular flexibility index (Phi) is 4.91. The van der Waals surface area contributed by atoms with Crippen LogP contribution in [-0.2, 0) is 26.3 Å². The summed E-state index contributed by atoms with van der Waals surface area (Å²) in [5.74, 6) is 1.22. The molecule has 1 aliphatic heterocycles. The Labute approximate surface area is 150 Å². The van der Waals surface area contributed by atoms with Crippen molar-refractivity contribution < 1.29 is 5.11 Å². The molecule has 0 saturated carbocycles. The molecule has 1 aromatic heterocycles. The minimum atomic E-state index is -0.321. The summed E-state index contributed by atoms with van der Waals surface area (Å²) in [7, 11) is 2.18. The number of aliphatic hydroxyl groups excluding tert-OH is 1. The van der Waals surface area contributed by atoms with Gasteiger partial charge in [-0.1, -0.05) is 30.3 Å². The number of hydrogen-bond acceptors (Lipinski definition) is 3. The van der Waals surface area contributed by atoms with E-state index < -0.39 is 0 Å². The summed E-state index contributed by atoms with van der Waals surface area (Å²) in [6.45, 7) is 1.80. The highest BCUT2D eigenvalue weighted by Gasteiger charge is 2.32. The highest BCUT2D eigenvalue weighted by molar-refractivity contribution is 5.22. The molecule has 0 radical (unpaired) electrons. The highest BCUT2D eigenvalue weighted by Crippen LogP contribution is 2.34. The maximum atomic E-state index is 10.6. The van der Waals surface area contributed by atoms with Crippen LogP contribution in [0, 0.1) is 0 Å². The second kappa shape index (κ2) is 7.30. The maximum absolute atomic E-state index is 10.6. The maximum Gasteiger partial charge on any atom is 0.126 e. The molecule has 2 aliphatic rings. The van der Waals surface area contributed by atoms with E-state index in [2.05, 4.69) is 28.6 Å². The van der Waals surface area contributed by atoms with Crippen LogP contribution in [-0.4, -0.2) is 38.8 Å². The molecular formula is C21H29N3O. The van der Waals surface area contributed by atoms with Crippen molar-refractivity contribution in [1.82, 2.24) is 14.5 Å². The third kappa shape index (κ3) is 3.51. The molecule has 4 rings (SSSR count). The first kappa shape index (κ1) is 16.8. The van der Waals surface area contributed by atoms with E-state index in [-0.39, 0.29) is 6.10 Å². The highest BCUT2D eigenvalue weighted by atomic mass is 16.3. The van der Waals surface area contributed by atoms with Crippen LogP contribution in [0.1, 0.15) is 54.5 Å². The van der Waals surface area contributed by atoms with Crippen LogP contribution < -0.4 is 0 Å². The van der Waals surface area contributed by atoms with Gasteiger partial charge in [0.05, 0.1) is 17.8 Å². The Morgan fingerprint density at radius 1 is 1.16 bits per heavy atom. The summed E-state index contributed by atoms with van der Waals surface area (Å²) in [6, 6.07) is 10.7. The van der Waals surface area contributed by atoms with Gasteiger partial charge in [0.25, 0.3) is 0 Å². The van der Waals surface area contributed by atoms with Crippen molar-refractivity contribution in [3.05, 3.63) is 53.1 Å². The van der Waals surface area contributed by atoms with E-state index >= 15 is 0 Å². The van der Waals surface area contributed by atoms with Crippen LogP contribution >= 0.6 is 0 Å². The molecule has 1 aromatic carbocycles. The molecule has 134 valence electrons. The predicted octanol–water partition coefficient (Wildman–Crippen LogP) is 3.04. The van der Waals surface area contributed by atoms with Crippen molar-refractivity contribution in [1.29, 1.82) is 0 Å². The Bertz CT molecular complexity index is 709. The van der Waals surface area contributed by atoms with E-state index in [1.165, 1.54) is 48.5 Å². The lowest BCUT2D eigenvalue weighted by molar-refractivity contribution is 0.103. The lowest BCUT2D eigenvalue weighted by Gasteiger charge is -2.26. The molecule has 2 heterocycles. The molecule has 2 atom stereocenters. The van der Waals surface area contributed by atoms with Crippen molar-refractivity contribution in [2.24, 2.45) is 7.05 Å². The number of β-amino-alcohol motifs (C(OH)–C–C–N with tert-alkyl or cyclic N) is 1. The average molecular weight is 339 g/mol. The third-order valence-corrected chi connectivity index (χ3v) is 5.83. The zero-order valence-corrected chi connectivity index (χ0v) is 15.2. The smallest absolute Gasteiger partial charge is 0.126 e. The fourth-order valence-corrected chi connectivity index (χ4v) is 4.56. The lowest BCUT2D eigenvalue weighted by atomic mass is 10.0. The number of aromatic nitrogens is 2. The van der Waals surface area contributed by atoms with Crippen molar-refractivity contribution in [3.8, 4) is 0 Å². The van der Waals surface area contributed by atoms with E-state index in [9.17, 15) is 5.11 Å². The lowest BCUT2D eigenvalue weighted by Crippen LogP contribution is -2.34. The minimum absolute atomic E-state index is 0.321. The van der Waals surface area contributed by atoms with Gasteiger partial charge in [-0.2, -0.15) is 0 Å². The fraction of sp³-hybridized carbons (Fsp3) is 0.571. The normalized spacial score (nSPS) is 22.1. The molecule has 0 bridgehead atoms. The summed E-state index contributed by atoms with van der Waals surface area (Å²) in [6.07, 6.45) is 7.61. The van der Waals surface area contributed by atoms with Gasteiger partial charge in [-0.05, 0) is 57.1 Å². The van der Waals surface area contributed by atoms with Crippen molar-refractivity contribution in [2.45, 2.75) is 57.1 Å². The SMILES string of the molecule is Cn1c([C@H]2CCCN2C[C@H](O)Cc2ccccc2)nc2c1CCCC2. The summed E-state index contributed by atoms with van der Waals surface area (Å²) in [4.78, 5) is 7.46. The molecule has 0 spiro atoms. The third-order valence-electron chi connectivity index (χ3n) is 5.83. The van der Waals surface area contributed by atoms with Crippen molar-refractivity contribution in [3.63, 3.8) is 0 Å². The quantitative estimate of drug-likeness (QED) is 0.910. The largest absolute Gasteiger partial charge is 0.391 e. The standard InChI is InChI=1S/C21H29N3O/c1-23-19-11-6-5-10-18(19)22-21(23)20-12-7-13-24(20)15-17(25)14-16-8-3-2-4-9-16/h2-4,8-9,17,20,25H,5-7,10-15H2,1H3/t17-,20-/m1/s1. The van der Waals surface area contributed by atoms with Crippen molar-refractivity contribution >= 4 is 0 Å². The van der Waals surface area contributed by atoms with Crippen molar-refractivity contribution in [2.75, 3.05) is 13.1 Å². The number of likely N-dealkylation sites (tertiary alicyclic amines) is 1. The Morgan fingerprint density at radius 2 is 1.96 bits per heavy atom. The molecule has 2 aromatic rings. The molecule has 4 heteroatoms. The van der Waals surface area contributed by atoms with Gasteiger partial charge in [0.1, 0.15) is 5.82 Å². The van der Waals surface area contributed by atoms with Gasteiger partial charge in [0.2, 0.25) is 0 Å². The molecule has 1 aliphatic carbocycles. The van der Waals surface area contributed by atoms with Gasteiger partial charge in [-0.15, -0.1) is 0 Å². The predicted molar refractivity (Wildman–Crippen MR) is 99.6 cm³/mol. The van der Waals surface area contributed by atoms with E-state index in [4.69, 9.17) is 4.98 Å². The first-order valence-electron chi connectivity index (χ1n) is 9.73. The number of aryl methyl sites for hydroxylation is 1. The topological polar surface area (TPSA) is 41.3 Å². The first-order valence-corrected chi connectivity index (χ1v) is 9.73. The summed E-state index contributed by atoms with van der Waals surface area (Å²) in [5, 5.41) is 10.6. The molecular weight excluding hydrogens is 310 g/mol. The zero-order valence-electron chi connectivity index (χ0n) is 15.2. The van der Waals surface area contributed by atoms with Crippen LogP contribution in [0.4, 0.5) is 0 Å². The molecule has 1 fully saturated rings. The number of imidazole rings is 1. The van der Waals surface area contributed by atoms with Crippen LogP contribution in [0.2, 0.25) is 0 Å². The summed E-state index contributed by atoms with van der Waals surface area (Å²) >= 11 is 0. The molecule has 0 unspecified atom stereocenters. The molecule has 4 nitrogen and oxygen atoms in total. The van der Waals surface area contributed by atoms with E-state index in [0.717, 1.165) is 32.4 Å². The van der Waals surface area contributed by atoms with Gasteiger partial charge < -0.3 is 9.67 Å². The molecule has 1 N–H and O–H groups in total. The first-order chi connectivity index (χ1) is 12.2. The van der Waals surface area contributed by atoms with Gasteiger partial charge in [-0.3, -0.25) is 4.90 Å². The van der Waals surface area contributed by atoms with Crippen LogP contribution in [0.5, 0.6) is 0 Å². The van der Waals surface area contributed by atoms with E-state index in [0.29, 0.717) is 6.04 Å². The number of benzene rings is 1. The second-order valence-electron chi connectivity index (χ2n) is 7.63. The van der Waals surface area contributed by atoms with Gasteiger partial charge in [0.15, 0.2) is 0 Å². The molecule has 25 heavy (non-hydrogen) atoms. The molecule has 1 saturated heterocycles. The Morgan fingerprint density at radius 3 is 2.76 bits per heavy atom. The van der Waals surface area contributed by atoms with Gasteiger partial charge in [-0.25, -0.2) is 4.98 Å². The van der Waals surface area contributed by atoms with Crippen LogP contribution in [0.3, 0.4) is 0 Å². The van der Waals surface area contributed by atoms with Gasteiger partial charge >= 0.3 is 0 Å². The van der Waals surface area contributed by atoms with Crippen LogP contribution in [0.15, 0.2) is 30.3 Å². The number of rotatable bonds is 5. The van der Waals surface area contributed by atoms with E-state index in [1.807, 2.05) is 18.2 Å². The van der Waals surface area contributed by atoms with E-state index in [1.54, 1.807) is 0 Å². The summed E-state index contributed by atoms with van der Waals surface area (Å²) < 4.78 is 2.35. The monoisotopic (exact) mass is 339 g/mol. The minimum Gasteiger partial charge on any atom is -0.391 e. The van der Waals surface area contributed by atoms with Gasteiger partial charge in [0, 0.05) is 19.3 Å². The average Bonchev–Trinajstić information content (AvgIpc) is 3.20. The zero-order chi connectivity index (χ0) is 17.2. The number of fused-ring (bicyclic) bond motifs is 1. The Hall–Kier alpha value is -1.65. The number of aliphatic hydroxyl groups is 1. The fourth-order valence-electron chi connectivity index (χ4n) is 4.56. The number of nitrogens with zero attached hydrogens (tertiary/aromatic N) is 3.